The van der Waals surface area contributed by atoms with Crippen LogP contribution in [0.15, 0.2) is 145 Å². The van der Waals surface area contributed by atoms with E-state index in [4.69, 9.17) is 0 Å². The van der Waals surface area contributed by atoms with E-state index in [1.807, 2.05) is 67.6 Å². The maximum absolute atomic E-state index is 9.96. The lowest BCUT2D eigenvalue weighted by atomic mass is 9.86. The van der Waals surface area contributed by atoms with Crippen LogP contribution in [0.2, 0.25) is 0 Å². The fraction of sp³-hybridized carbons (Fsp3) is 0.0408. The quantitative estimate of drug-likeness (QED) is 0.107. The molecule has 0 amide bonds. The molecule has 3 nitrogen and oxygen atoms in total. The van der Waals surface area contributed by atoms with Gasteiger partial charge in [0.1, 0.15) is 0 Å². The van der Waals surface area contributed by atoms with Crippen molar-refractivity contribution >= 4 is 48.7 Å². The smallest absolute Gasteiger partial charge is 0.0998 e. The molecule has 0 aliphatic heterocycles. The van der Waals surface area contributed by atoms with E-state index >= 15 is 0 Å². The summed E-state index contributed by atoms with van der Waals surface area (Å²) in [5.74, 6) is 0. The van der Waals surface area contributed by atoms with Crippen molar-refractivity contribution < 1.29 is 0 Å². The lowest BCUT2D eigenvalue weighted by molar-refractivity contribution is 1.44. The first kappa shape index (κ1) is 30.8. The standard InChI is InChI=1S/C49H29N3/c1-29(26-50)14-15-30(2)41-22-43-36-11-6-5-10-35(36)42(32-18-16-31(27-51)17-19-32)23-47(43)48-25-45-40-21-20-37(34-9-4-3-8-33(34)28-52)38-12-7-13-39(49(38)40)44(45)24-46(41)48/h3-25H,1-2H3/b29-14+,30-15+. The Kier molecular flexibility index (Phi) is 7.08. The highest BCUT2D eigenvalue weighted by Gasteiger charge is 2.25. The predicted octanol–water partition coefficient (Wildman–Crippen LogP) is 12.9. The Morgan fingerprint density at radius 3 is 1.85 bits per heavy atom. The number of benzene rings is 8. The van der Waals surface area contributed by atoms with Crippen LogP contribution in [0.1, 0.15) is 30.5 Å². The van der Waals surface area contributed by atoms with Gasteiger partial charge in [0.25, 0.3) is 0 Å². The van der Waals surface area contributed by atoms with Crippen molar-refractivity contribution in [1.29, 1.82) is 15.8 Å². The number of fused-ring (bicyclic) bond motifs is 8. The fourth-order valence-corrected chi connectivity index (χ4v) is 8.06. The number of nitrogens with zero attached hydrogens (tertiary/aromatic N) is 3. The summed E-state index contributed by atoms with van der Waals surface area (Å²) < 4.78 is 0. The van der Waals surface area contributed by atoms with Crippen LogP contribution < -0.4 is 0 Å². The Balaban J connectivity index is 1.39. The topological polar surface area (TPSA) is 71.4 Å². The van der Waals surface area contributed by atoms with Crippen LogP contribution in [-0.4, -0.2) is 0 Å². The zero-order valence-electron chi connectivity index (χ0n) is 28.6. The zero-order valence-corrected chi connectivity index (χ0v) is 28.6. The largest absolute Gasteiger partial charge is 0.193 e. The molecule has 1 aliphatic rings. The lowest BCUT2D eigenvalue weighted by Crippen LogP contribution is -1.92. The second-order valence-electron chi connectivity index (χ2n) is 13.5. The van der Waals surface area contributed by atoms with Gasteiger partial charge in [0, 0.05) is 11.1 Å². The predicted molar refractivity (Wildman–Crippen MR) is 214 cm³/mol. The van der Waals surface area contributed by atoms with Gasteiger partial charge in [-0.15, -0.1) is 0 Å². The summed E-state index contributed by atoms with van der Waals surface area (Å²) in [7, 11) is 0. The molecule has 8 aromatic rings. The maximum Gasteiger partial charge on any atom is 0.0998 e. The Morgan fingerprint density at radius 1 is 0.462 bits per heavy atom. The van der Waals surface area contributed by atoms with Gasteiger partial charge < -0.3 is 0 Å². The second kappa shape index (κ2) is 12.0. The average molecular weight is 660 g/mol. The molecular formula is C49H29N3. The van der Waals surface area contributed by atoms with Crippen LogP contribution in [0.4, 0.5) is 0 Å². The highest BCUT2D eigenvalue weighted by atomic mass is 14.3. The fourth-order valence-electron chi connectivity index (χ4n) is 8.06. The van der Waals surface area contributed by atoms with Gasteiger partial charge >= 0.3 is 0 Å². The minimum absolute atomic E-state index is 0.635. The number of hydrogen-bond donors (Lipinski definition) is 0. The molecule has 1 aliphatic carbocycles. The number of allylic oxidation sites excluding steroid dienone is 4. The molecule has 0 radical (unpaired) electrons. The van der Waals surface area contributed by atoms with E-state index in [1.165, 1.54) is 27.6 Å². The molecule has 52 heavy (non-hydrogen) atoms. The van der Waals surface area contributed by atoms with Crippen LogP contribution in [0.3, 0.4) is 0 Å². The molecule has 0 fully saturated rings. The second-order valence-corrected chi connectivity index (χ2v) is 13.5. The van der Waals surface area contributed by atoms with Crippen molar-refractivity contribution in [3.8, 4) is 62.7 Å². The molecule has 0 spiro atoms. The first-order valence-electron chi connectivity index (χ1n) is 17.3. The number of hydrogen-bond acceptors (Lipinski definition) is 3. The number of rotatable bonds is 4. The van der Waals surface area contributed by atoms with E-state index in [1.54, 1.807) is 0 Å². The van der Waals surface area contributed by atoms with Gasteiger partial charge in [0.15, 0.2) is 0 Å². The van der Waals surface area contributed by atoms with Crippen molar-refractivity contribution in [2.45, 2.75) is 13.8 Å². The first-order chi connectivity index (χ1) is 25.5. The summed E-state index contributed by atoms with van der Waals surface area (Å²) in [6.45, 7) is 3.95. The van der Waals surface area contributed by atoms with E-state index in [-0.39, 0.29) is 0 Å². The summed E-state index contributed by atoms with van der Waals surface area (Å²) in [5, 5.41) is 38.2. The summed E-state index contributed by atoms with van der Waals surface area (Å²) in [6, 6.07) is 51.3. The molecule has 0 unspecified atom stereocenters. The molecule has 0 atom stereocenters. The van der Waals surface area contributed by atoms with E-state index in [2.05, 4.69) is 104 Å². The summed E-state index contributed by atoms with van der Waals surface area (Å²) >= 11 is 0. The molecule has 240 valence electrons. The van der Waals surface area contributed by atoms with Crippen molar-refractivity contribution in [2.75, 3.05) is 0 Å². The highest BCUT2D eigenvalue weighted by molar-refractivity contribution is 6.26. The maximum atomic E-state index is 9.96. The van der Waals surface area contributed by atoms with Crippen molar-refractivity contribution in [3.05, 3.63) is 162 Å². The van der Waals surface area contributed by atoms with Gasteiger partial charge in [-0.05, 0) is 156 Å². The van der Waals surface area contributed by atoms with E-state index in [9.17, 15) is 15.8 Å². The van der Waals surface area contributed by atoms with Crippen LogP contribution in [0.25, 0.3) is 93.2 Å². The summed E-state index contributed by atoms with van der Waals surface area (Å²) in [6.07, 6.45) is 3.94. The Bertz CT molecular complexity index is 3050. The SMILES string of the molecule is C/C(C#N)=C\C=C(/C)c1cc2c3ccccc3c(-c3ccc(C#N)cc3)cc2c2cc3c(cc12)-c1cccc2c(-c4ccccc4C#N)ccc-3c12. The Hall–Kier alpha value is -7.25. The van der Waals surface area contributed by atoms with Crippen LogP contribution >= 0.6 is 0 Å². The van der Waals surface area contributed by atoms with Gasteiger partial charge in [-0.25, -0.2) is 0 Å². The van der Waals surface area contributed by atoms with E-state index in [0.717, 1.165) is 71.1 Å². The normalized spacial score (nSPS) is 12.2. The molecule has 9 rings (SSSR count). The number of nitriles is 3. The molecule has 0 N–H and O–H groups in total. The van der Waals surface area contributed by atoms with Crippen molar-refractivity contribution in [3.63, 3.8) is 0 Å². The average Bonchev–Trinajstić information content (AvgIpc) is 3.52. The van der Waals surface area contributed by atoms with Gasteiger partial charge in [-0.2, -0.15) is 15.8 Å². The molecule has 0 saturated heterocycles. The van der Waals surface area contributed by atoms with Crippen LogP contribution in [0, 0.1) is 34.0 Å². The van der Waals surface area contributed by atoms with E-state index < -0.39 is 0 Å². The van der Waals surface area contributed by atoms with Crippen molar-refractivity contribution in [1.82, 2.24) is 0 Å². The van der Waals surface area contributed by atoms with E-state index in [0.29, 0.717) is 16.7 Å². The third-order valence-corrected chi connectivity index (χ3v) is 10.6. The van der Waals surface area contributed by atoms with Gasteiger partial charge in [-0.1, -0.05) is 91.0 Å². The Morgan fingerprint density at radius 2 is 1.08 bits per heavy atom. The molecule has 0 aromatic heterocycles. The first-order valence-corrected chi connectivity index (χ1v) is 17.3. The molecular weight excluding hydrogens is 631 g/mol. The molecule has 0 bridgehead atoms. The minimum Gasteiger partial charge on any atom is -0.193 e. The third kappa shape index (κ3) is 4.64. The summed E-state index contributed by atoms with van der Waals surface area (Å²) in [5.41, 5.74) is 13.1. The molecule has 3 heteroatoms. The van der Waals surface area contributed by atoms with Crippen LogP contribution in [0.5, 0.6) is 0 Å². The summed E-state index contributed by atoms with van der Waals surface area (Å²) in [4.78, 5) is 0. The third-order valence-electron chi connectivity index (χ3n) is 10.6. The lowest BCUT2D eigenvalue weighted by Gasteiger charge is -2.18. The molecule has 8 aromatic carbocycles. The van der Waals surface area contributed by atoms with Gasteiger partial charge in [0.05, 0.1) is 29.3 Å². The monoisotopic (exact) mass is 659 g/mol. The minimum atomic E-state index is 0.635. The van der Waals surface area contributed by atoms with Gasteiger partial charge in [-0.3, -0.25) is 0 Å². The highest BCUT2D eigenvalue weighted by Crippen LogP contribution is 2.52. The van der Waals surface area contributed by atoms with Crippen LogP contribution in [-0.2, 0) is 0 Å². The molecule has 0 heterocycles. The van der Waals surface area contributed by atoms with Gasteiger partial charge in [0.2, 0.25) is 0 Å². The van der Waals surface area contributed by atoms with Crippen molar-refractivity contribution in [2.24, 2.45) is 0 Å². The zero-order chi connectivity index (χ0) is 35.5. The molecule has 0 saturated carbocycles. The Labute approximate surface area is 301 Å².